The number of cyclic esters (lactones) is 1. The van der Waals surface area contributed by atoms with Gasteiger partial charge in [-0.1, -0.05) is 36.4 Å². The van der Waals surface area contributed by atoms with E-state index in [0.717, 1.165) is 16.7 Å². The van der Waals surface area contributed by atoms with Crippen LogP contribution < -0.4 is 5.56 Å². The summed E-state index contributed by atoms with van der Waals surface area (Å²) in [7, 11) is 0. The van der Waals surface area contributed by atoms with Gasteiger partial charge in [0.05, 0.1) is 11.6 Å². The molecule has 0 saturated carbocycles. The highest BCUT2D eigenvalue weighted by Crippen LogP contribution is 2.42. The number of carbonyl (C=O) groups excluding carboxylic acids is 1. The molecule has 2 atom stereocenters. The molecule has 1 aliphatic heterocycles. The number of aromatic nitrogens is 1. The number of ether oxygens (including phenoxy) is 1. The van der Waals surface area contributed by atoms with Crippen molar-refractivity contribution in [3.8, 4) is 11.1 Å². The number of pyridine rings is 1. The first-order chi connectivity index (χ1) is 17.0. The largest absolute Gasteiger partial charge is 0.438 e. The molecule has 1 N–H and O–H groups in total. The quantitative estimate of drug-likeness (QED) is 0.464. The number of carbonyl (C=O) groups is 1. The Kier molecular flexibility index (Phi) is 7.05. The molecule has 0 spiro atoms. The van der Waals surface area contributed by atoms with Gasteiger partial charge in [0, 0.05) is 38.2 Å². The zero-order valence-corrected chi connectivity index (χ0v) is 21.2. The van der Waals surface area contributed by atoms with Crippen molar-refractivity contribution in [3.63, 3.8) is 0 Å². The molecule has 0 aliphatic carbocycles. The molecule has 1 aromatic heterocycles. The summed E-state index contributed by atoms with van der Waals surface area (Å²) in [5.74, 6) is -0.369. The van der Waals surface area contributed by atoms with E-state index in [1.54, 1.807) is 41.5 Å². The SMILES string of the molecule is CCn1cc(-c2ccc([C@H](C)N3CCC(CC(C)(C)O)(c4ccc(F)cc4)OC3=O)cc2)ccc1=O. The third kappa shape index (κ3) is 5.36. The minimum Gasteiger partial charge on any atom is -0.438 e. The van der Waals surface area contributed by atoms with Crippen LogP contribution in [0.1, 0.15) is 57.7 Å². The van der Waals surface area contributed by atoms with E-state index in [1.165, 1.54) is 12.1 Å². The Labute approximate surface area is 211 Å². The summed E-state index contributed by atoms with van der Waals surface area (Å²) < 4.78 is 21.3. The molecule has 2 heterocycles. The van der Waals surface area contributed by atoms with Crippen LogP contribution in [0.15, 0.2) is 71.7 Å². The van der Waals surface area contributed by atoms with Crippen LogP contribution in [-0.2, 0) is 16.9 Å². The minimum absolute atomic E-state index is 0.0311. The maximum atomic E-state index is 13.6. The lowest BCUT2D eigenvalue weighted by Gasteiger charge is -2.45. The Balaban J connectivity index is 1.54. The number of hydrogen-bond donors (Lipinski definition) is 1. The highest BCUT2D eigenvalue weighted by atomic mass is 19.1. The summed E-state index contributed by atoms with van der Waals surface area (Å²) in [6.45, 7) is 8.27. The van der Waals surface area contributed by atoms with E-state index in [1.807, 2.05) is 50.4 Å². The number of hydrogen-bond acceptors (Lipinski definition) is 4. The Morgan fingerprint density at radius 1 is 1.03 bits per heavy atom. The van der Waals surface area contributed by atoms with Crippen molar-refractivity contribution in [1.29, 1.82) is 0 Å². The summed E-state index contributed by atoms with van der Waals surface area (Å²) in [4.78, 5) is 26.8. The summed E-state index contributed by atoms with van der Waals surface area (Å²) in [5, 5.41) is 10.6. The second kappa shape index (κ2) is 9.90. The van der Waals surface area contributed by atoms with Gasteiger partial charge >= 0.3 is 6.09 Å². The molecule has 7 heteroatoms. The average molecular weight is 493 g/mol. The van der Waals surface area contributed by atoms with Crippen molar-refractivity contribution in [1.82, 2.24) is 9.47 Å². The number of halogens is 1. The van der Waals surface area contributed by atoms with Crippen LogP contribution in [0.25, 0.3) is 11.1 Å². The number of aryl methyl sites for hydroxylation is 1. The van der Waals surface area contributed by atoms with Crippen LogP contribution in [0.5, 0.6) is 0 Å². The minimum atomic E-state index is -1.08. The Hall–Kier alpha value is -3.45. The lowest BCUT2D eigenvalue weighted by molar-refractivity contribution is -0.101. The normalized spacial score (nSPS) is 19.2. The van der Waals surface area contributed by atoms with E-state index in [2.05, 4.69) is 0 Å². The molecule has 190 valence electrons. The molecule has 1 saturated heterocycles. The first-order valence-electron chi connectivity index (χ1n) is 12.3. The number of amides is 1. The predicted molar refractivity (Wildman–Crippen MR) is 137 cm³/mol. The van der Waals surface area contributed by atoms with Gasteiger partial charge in [-0.05, 0) is 68.1 Å². The van der Waals surface area contributed by atoms with Crippen LogP contribution in [0, 0.1) is 5.82 Å². The van der Waals surface area contributed by atoms with Crippen LogP contribution >= 0.6 is 0 Å². The Morgan fingerprint density at radius 3 is 2.25 bits per heavy atom. The monoisotopic (exact) mass is 492 g/mol. The van der Waals surface area contributed by atoms with Crippen molar-refractivity contribution in [2.24, 2.45) is 0 Å². The first-order valence-corrected chi connectivity index (χ1v) is 12.3. The number of aliphatic hydroxyl groups is 1. The molecule has 6 nitrogen and oxygen atoms in total. The van der Waals surface area contributed by atoms with E-state index < -0.39 is 17.3 Å². The molecule has 1 amide bonds. The third-order valence-electron chi connectivity index (χ3n) is 6.88. The standard InChI is InChI=1S/C29H33FN2O4/c1-5-31-18-23(10-15-26(31)33)22-8-6-21(7-9-22)20(2)32-17-16-29(36-27(32)34,19-28(3,4)35)24-11-13-25(30)14-12-24/h6-15,18,20,35H,5,16-17,19H2,1-4H3/t20-,29?/m0/s1. The zero-order chi connectivity index (χ0) is 26.1. The fraction of sp³-hybridized carbons (Fsp3) is 0.379. The molecule has 36 heavy (non-hydrogen) atoms. The highest BCUT2D eigenvalue weighted by Gasteiger charge is 2.46. The second-order valence-corrected chi connectivity index (χ2v) is 10.1. The lowest BCUT2D eigenvalue weighted by atomic mass is 9.80. The van der Waals surface area contributed by atoms with Crippen molar-refractivity contribution >= 4 is 6.09 Å². The summed E-state index contributed by atoms with van der Waals surface area (Å²) in [6, 6.07) is 17.0. The molecule has 4 rings (SSSR count). The van der Waals surface area contributed by atoms with E-state index in [4.69, 9.17) is 4.74 Å². The summed E-state index contributed by atoms with van der Waals surface area (Å²) >= 11 is 0. The average Bonchev–Trinajstić information content (AvgIpc) is 2.83. The molecule has 2 aromatic carbocycles. The maximum absolute atomic E-state index is 13.6. The van der Waals surface area contributed by atoms with Gasteiger partial charge in [0.1, 0.15) is 11.4 Å². The Morgan fingerprint density at radius 2 is 1.67 bits per heavy atom. The topological polar surface area (TPSA) is 71.8 Å². The molecule has 0 bridgehead atoms. The third-order valence-corrected chi connectivity index (χ3v) is 6.88. The van der Waals surface area contributed by atoms with Gasteiger partial charge in [-0.25, -0.2) is 9.18 Å². The van der Waals surface area contributed by atoms with Gasteiger partial charge in [-0.3, -0.25) is 4.79 Å². The maximum Gasteiger partial charge on any atom is 0.411 e. The molecule has 1 unspecified atom stereocenters. The number of rotatable bonds is 7. The fourth-order valence-electron chi connectivity index (χ4n) is 4.99. The highest BCUT2D eigenvalue weighted by molar-refractivity contribution is 5.70. The van der Waals surface area contributed by atoms with Gasteiger partial charge in [0.15, 0.2) is 0 Å². The smallest absolute Gasteiger partial charge is 0.411 e. The van der Waals surface area contributed by atoms with Crippen molar-refractivity contribution in [3.05, 3.63) is 94.2 Å². The fourth-order valence-corrected chi connectivity index (χ4v) is 4.99. The zero-order valence-electron chi connectivity index (χ0n) is 21.2. The molecule has 1 aliphatic rings. The van der Waals surface area contributed by atoms with Gasteiger partial charge in [-0.2, -0.15) is 0 Å². The van der Waals surface area contributed by atoms with Crippen LogP contribution in [0.2, 0.25) is 0 Å². The Bertz CT molecular complexity index is 1280. The van der Waals surface area contributed by atoms with Gasteiger partial charge in [-0.15, -0.1) is 0 Å². The van der Waals surface area contributed by atoms with Gasteiger partial charge in [0.25, 0.3) is 5.56 Å². The molecular formula is C29H33FN2O4. The van der Waals surface area contributed by atoms with Crippen molar-refractivity contribution < 1.29 is 19.0 Å². The molecule has 1 fully saturated rings. The number of benzene rings is 2. The summed E-state index contributed by atoms with van der Waals surface area (Å²) in [5.41, 5.74) is 1.40. The van der Waals surface area contributed by atoms with E-state index in [0.29, 0.717) is 25.1 Å². The predicted octanol–water partition coefficient (Wildman–Crippen LogP) is 5.63. The first kappa shape index (κ1) is 25.6. The van der Waals surface area contributed by atoms with Crippen LogP contribution in [0.4, 0.5) is 9.18 Å². The van der Waals surface area contributed by atoms with Crippen LogP contribution in [0.3, 0.4) is 0 Å². The van der Waals surface area contributed by atoms with E-state index in [9.17, 15) is 19.1 Å². The second-order valence-electron chi connectivity index (χ2n) is 10.1. The molecule has 3 aromatic rings. The van der Waals surface area contributed by atoms with Crippen LogP contribution in [-0.4, -0.2) is 32.8 Å². The summed E-state index contributed by atoms with van der Waals surface area (Å²) in [6.07, 6.45) is 2.05. The van der Waals surface area contributed by atoms with E-state index in [-0.39, 0.29) is 23.8 Å². The molecular weight excluding hydrogens is 459 g/mol. The lowest BCUT2D eigenvalue weighted by Crippen LogP contribution is -2.51. The van der Waals surface area contributed by atoms with Gasteiger partial charge in [0.2, 0.25) is 0 Å². The van der Waals surface area contributed by atoms with Crippen molar-refractivity contribution in [2.45, 2.75) is 64.3 Å². The number of nitrogens with zero attached hydrogens (tertiary/aromatic N) is 2. The van der Waals surface area contributed by atoms with Gasteiger partial charge < -0.3 is 19.3 Å². The molecule has 0 radical (unpaired) electrons. The van der Waals surface area contributed by atoms with E-state index >= 15 is 0 Å². The van der Waals surface area contributed by atoms with Crippen molar-refractivity contribution in [2.75, 3.05) is 6.54 Å².